The van der Waals surface area contributed by atoms with Crippen LogP contribution in [0.5, 0.6) is 5.75 Å². The number of rotatable bonds is 7. The van der Waals surface area contributed by atoms with E-state index in [1.807, 2.05) is 24.3 Å². The van der Waals surface area contributed by atoms with Crippen LogP contribution in [0, 0.1) is 0 Å². The Morgan fingerprint density at radius 1 is 1.47 bits per heavy atom. The SMILES string of the molecule is CCOC(=O)CNCCOc1cccc(Br)c1. The summed E-state index contributed by atoms with van der Waals surface area (Å²) >= 11 is 3.36. The molecule has 0 amide bonds. The Bertz CT molecular complexity index is 357. The molecule has 17 heavy (non-hydrogen) atoms. The van der Waals surface area contributed by atoms with E-state index in [9.17, 15) is 4.79 Å². The van der Waals surface area contributed by atoms with Gasteiger partial charge in [0.05, 0.1) is 13.2 Å². The van der Waals surface area contributed by atoms with Crippen LogP contribution in [0.15, 0.2) is 28.7 Å². The molecule has 0 bridgehead atoms. The first kappa shape index (κ1) is 14.0. The van der Waals surface area contributed by atoms with Crippen LogP contribution in [0.4, 0.5) is 0 Å². The molecular formula is C12H16BrNO3. The van der Waals surface area contributed by atoms with Crippen molar-refractivity contribution in [2.75, 3.05) is 26.3 Å². The molecule has 1 rings (SSSR count). The average Bonchev–Trinajstić information content (AvgIpc) is 2.29. The van der Waals surface area contributed by atoms with Gasteiger partial charge >= 0.3 is 5.97 Å². The number of ether oxygens (including phenoxy) is 2. The normalized spacial score (nSPS) is 10.0. The van der Waals surface area contributed by atoms with Gasteiger partial charge in [-0.25, -0.2) is 0 Å². The topological polar surface area (TPSA) is 47.6 Å². The van der Waals surface area contributed by atoms with Gasteiger partial charge in [0.2, 0.25) is 0 Å². The summed E-state index contributed by atoms with van der Waals surface area (Å²) in [6.45, 7) is 3.53. The van der Waals surface area contributed by atoms with E-state index in [0.717, 1.165) is 10.2 Å². The van der Waals surface area contributed by atoms with Crippen molar-refractivity contribution in [2.24, 2.45) is 0 Å². The molecule has 0 radical (unpaired) electrons. The summed E-state index contributed by atoms with van der Waals surface area (Å²) in [5.41, 5.74) is 0. The number of esters is 1. The van der Waals surface area contributed by atoms with E-state index in [2.05, 4.69) is 21.2 Å². The van der Waals surface area contributed by atoms with Crippen molar-refractivity contribution in [3.8, 4) is 5.75 Å². The fourth-order valence-corrected chi connectivity index (χ4v) is 1.58. The highest BCUT2D eigenvalue weighted by molar-refractivity contribution is 9.10. The monoisotopic (exact) mass is 301 g/mol. The summed E-state index contributed by atoms with van der Waals surface area (Å²) in [5, 5.41) is 2.94. The first-order chi connectivity index (χ1) is 8.22. The summed E-state index contributed by atoms with van der Waals surface area (Å²) in [4.78, 5) is 11.0. The lowest BCUT2D eigenvalue weighted by Gasteiger charge is -2.07. The number of hydrogen-bond donors (Lipinski definition) is 1. The van der Waals surface area contributed by atoms with Crippen molar-refractivity contribution in [2.45, 2.75) is 6.92 Å². The molecule has 1 N–H and O–H groups in total. The molecule has 0 aliphatic heterocycles. The third-order valence-electron chi connectivity index (χ3n) is 1.92. The number of nitrogens with one attached hydrogen (secondary N) is 1. The zero-order chi connectivity index (χ0) is 12.5. The minimum absolute atomic E-state index is 0.218. The van der Waals surface area contributed by atoms with Crippen LogP contribution in [0.3, 0.4) is 0 Å². The Hall–Kier alpha value is -1.07. The van der Waals surface area contributed by atoms with Gasteiger partial charge in [-0.1, -0.05) is 22.0 Å². The number of carbonyl (C=O) groups excluding carboxylic acids is 1. The minimum atomic E-state index is -0.241. The fourth-order valence-electron chi connectivity index (χ4n) is 1.20. The molecule has 0 aliphatic rings. The van der Waals surface area contributed by atoms with E-state index < -0.39 is 0 Å². The molecule has 0 unspecified atom stereocenters. The van der Waals surface area contributed by atoms with Crippen LogP contribution >= 0.6 is 15.9 Å². The molecular weight excluding hydrogens is 286 g/mol. The zero-order valence-corrected chi connectivity index (χ0v) is 11.3. The lowest BCUT2D eigenvalue weighted by atomic mass is 10.3. The van der Waals surface area contributed by atoms with Crippen molar-refractivity contribution in [3.63, 3.8) is 0 Å². The summed E-state index contributed by atoms with van der Waals surface area (Å²) in [6, 6.07) is 7.62. The molecule has 0 fully saturated rings. The third-order valence-corrected chi connectivity index (χ3v) is 2.41. The second-order valence-electron chi connectivity index (χ2n) is 3.29. The van der Waals surface area contributed by atoms with Crippen LogP contribution in [0.25, 0.3) is 0 Å². The zero-order valence-electron chi connectivity index (χ0n) is 9.74. The van der Waals surface area contributed by atoms with Gasteiger partial charge in [-0.05, 0) is 25.1 Å². The summed E-state index contributed by atoms with van der Waals surface area (Å²) < 4.78 is 11.2. The molecule has 1 aromatic carbocycles. The Labute approximate surface area is 109 Å². The molecule has 0 spiro atoms. The quantitative estimate of drug-likeness (QED) is 0.618. The van der Waals surface area contributed by atoms with Crippen LogP contribution in [0.2, 0.25) is 0 Å². The predicted molar refractivity (Wildman–Crippen MR) is 69.1 cm³/mol. The number of hydrogen-bond acceptors (Lipinski definition) is 4. The van der Waals surface area contributed by atoms with E-state index in [-0.39, 0.29) is 12.5 Å². The molecule has 4 nitrogen and oxygen atoms in total. The molecule has 5 heteroatoms. The van der Waals surface area contributed by atoms with E-state index >= 15 is 0 Å². The van der Waals surface area contributed by atoms with Gasteiger partial charge in [-0.2, -0.15) is 0 Å². The first-order valence-corrected chi connectivity index (χ1v) is 6.26. The van der Waals surface area contributed by atoms with E-state index in [4.69, 9.17) is 9.47 Å². The van der Waals surface area contributed by atoms with Gasteiger partial charge in [0, 0.05) is 11.0 Å². The summed E-state index contributed by atoms with van der Waals surface area (Å²) in [5.74, 6) is 0.562. The van der Waals surface area contributed by atoms with Gasteiger partial charge in [0.1, 0.15) is 12.4 Å². The van der Waals surface area contributed by atoms with Crippen molar-refractivity contribution in [1.29, 1.82) is 0 Å². The molecule has 94 valence electrons. The molecule has 0 aliphatic carbocycles. The highest BCUT2D eigenvalue weighted by atomic mass is 79.9. The Morgan fingerprint density at radius 2 is 2.29 bits per heavy atom. The maximum Gasteiger partial charge on any atom is 0.319 e. The Kier molecular flexibility index (Phi) is 6.65. The van der Waals surface area contributed by atoms with E-state index in [1.165, 1.54) is 0 Å². The molecule has 0 atom stereocenters. The highest BCUT2D eigenvalue weighted by Gasteiger charge is 1.99. The smallest absolute Gasteiger partial charge is 0.319 e. The third kappa shape index (κ3) is 6.28. The van der Waals surface area contributed by atoms with Crippen molar-refractivity contribution < 1.29 is 14.3 Å². The van der Waals surface area contributed by atoms with Crippen LogP contribution in [-0.2, 0) is 9.53 Å². The molecule has 0 saturated heterocycles. The second-order valence-corrected chi connectivity index (χ2v) is 4.20. The van der Waals surface area contributed by atoms with Gasteiger partial charge in [0.15, 0.2) is 0 Å². The average molecular weight is 302 g/mol. The molecule has 0 aromatic heterocycles. The van der Waals surface area contributed by atoms with E-state index in [0.29, 0.717) is 19.8 Å². The number of benzene rings is 1. The Balaban J connectivity index is 2.10. The largest absolute Gasteiger partial charge is 0.492 e. The summed E-state index contributed by atoms with van der Waals surface area (Å²) in [7, 11) is 0. The standard InChI is InChI=1S/C12H16BrNO3/c1-2-16-12(15)9-14-6-7-17-11-5-3-4-10(13)8-11/h3-5,8,14H,2,6-7,9H2,1H3. The first-order valence-electron chi connectivity index (χ1n) is 5.47. The Morgan fingerprint density at radius 3 is 3.00 bits per heavy atom. The second kappa shape index (κ2) is 8.08. The van der Waals surface area contributed by atoms with Crippen LogP contribution < -0.4 is 10.1 Å². The lowest BCUT2D eigenvalue weighted by Crippen LogP contribution is -2.28. The van der Waals surface area contributed by atoms with Gasteiger partial charge in [0.25, 0.3) is 0 Å². The molecule has 0 saturated carbocycles. The summed E-state index contributed by atoms with van der Waals surface area (Å²) in [6.07, 6.45) is 0. The van der Waals surface area contributed by atoms with E-state index in [1.54, 1.807) is 6.92 Å². The minimum Gasteiger partial charge on any atom is -0.492 e. The maximum atomic E-state index is 11.0. The van der Waals surface area contributed by atoms with Crippen LogP contribution in [0.1, 0.15) is 6.92 Å². The van der Waals surface area contributed by atoms with Crippen LogP contribution in [-0.4, -0.2) is 32.3 Å². The van der Waals surface area contributed by atoms with Crippen molar-refractivity contribution >= 4 is 21.9 Å². The molecule has 1 aromatic rings. The predicted octanol–water partition coefficient (Wildman–Crippen LogP) is 1.98. The fraction of sp³-hybridized carbons (Fsp3) is 0.417. The molecule has 0 heterocycles. The number of carbonyl (C=O) groups is 1. The lowest BCUT2D eigenvalue weighted by molar-refractivity contribution is -0.142. The van der Waals surface area contributed by atoms with Gasteiger partial charge in [-0.3, -0.25) is 4.79 Å². The van der Waals surface area contributed by atoms with Crippen molar-refractivity contribution in [3.05, 3.63) is 28.7 Å². The maximum absolute atomic E-state index is 11.0. The number of halogens is 1. The van der Waals surface area contributed by atoms with Crippen molar-refractivity contribution in [1.82, 2.24) is 5.32 Å². The highest BCUT2D eigenvalue weighted by Crippen LogP contribution is 2.17. The van der Waals surface area contributed by atoms with Gasteiger partial charge < -0.3 is 14.8 Å². The van der Waals surface area contributed by atoms with Gasteiger partial charge in [-0.15, -0.1) is 0 Å².